The summed E-state index contributed by atoms with van der Waals surface area (Å²) in [4.78, 5) is 16.5. The number of carboxylic acid groups (broad SMARTS) is 1. The van der Waals surface area contributed by atoms with Crippen LogP contribution in [0.1, 0.15) is 21.1 Å². The number of thiazole rings is 1. The second-order valence-corrected chi connectivity index (χ2v) is 6.72. The Labute approximate surface area is 166 Å². The molecule has 0 unspecified atom stereocenters. The number of ether oxygens (including phenoxy) is 3. The number of nitrogens with zero attached hydrogens (tertiary/aromatic N) is 1. The fraction of sp³-hybridized carbons (Fsp3) is 0.143. The first-order valence-corrected chi connectivity index (χ1v) is 9.16. The third-order valence-corrected chi connectivity index (χ3v) is 5.06. The highest BCUT2D eigenvalue weighted by Gasteiger charge is 2.18. The second-order valence-electron chi connectivity index (χ2n) is 5.69. The van der Waals surface area contributed by atoms with Crippen molar-refractivity contribution in [1.29, 1.82) is 0 Å². The van der Waals surface area contributed by atoms with Gasteiger partial charge in [0, 0.05) is 0 Å². The summed E-state index contributed by atoms with van der Waals surface area (Å²) in [7, 11) is 4.65. The summed E-state index contributed by atoms with van der Waals surface area (Å²) in [5, 5.41) is 10.1. The molecule has 0 spiro atoms. The zero-order valence-corrected chi connectivity index (χ0v) is 16.4. The van der Waals surface area contributed by atoms with Gasteiger partial charge in [0.15, 0.2) is 17.2 Å². The van der Waals surface area contributed by atoms with E-state index in [2.05, 4.69) is 4.98 Å². The molecule has 0 aliphatic heterocycles. The molecule has 0 saturated carbocycles. The normalized spacial score (nSPS) is 10.8. The van der Waals surface area contributed by atoms with Crippen molar-refractivity contribution < 1.29 is 24.1 Å². The molecule has 1 N–H and O–H groups in total. The average Bonchev–Trinajstić information content (AvgIpc) is 3.16. The van der Waals surface area contributed by atoms with Gasteiger partial charge in [0.1, 0.15) is 5.01 Å². The Hall–Kier alpha value is -3.32. The molecular weight excluding hydrogens is 378 g/mol. The summed E-state index contributed by atoms with van der Waals surface area (Å²) in [6, 6.07) is 13.0. The van der Waals surface area contributed by atoms with Crippen LogP contribution in [0.3, 0.4) is 0 Å². The predicted molar refractivity (Wildman–Crippen MR) is 110 cm³/mol. The molecular formula is C21H19NO5S. The summed E-state index contributed by atoms with van der Waals surface area (Å²) >= 11 is 1.32. The first-order chi connectivity index (χ1) is 13.6. The van der Waals surface area contributed by atoms with Gasteiger partial charge in [-0.1, -0.05) is 36.4 Å². The summed E-state index contributed by atoms with van der Waals surface area (Å²) in [5.41, 5.74) is 1.67. The van der Waals surface area contributed by atoms with Gasteiger partial charge >= 0.3 is 5.97 Å². The van der Waals surface area contributed by atoms with Crippen LogP contribution in [0.4, 0.5) is 0 Å². The molecule has 0 atom stereocenters. The molecule has 0 saturated heterocycles. The van der Waals surface area contributed by atoms with E-state index in [0.717, 1.165) is 11.1 Å². The van der Waals surface area contributed by atoms with E-state index >= 15 is 0 Å². The maximum Gasteiger partial charge on any atom is 0.356 e. The number of methoxy groups -OCH3 is 3. The van der Waals surface area contributed by atoms with Crippen LogP contribution in [0.2, 0.25) is 0 Å². The minimum Gasteiger partial charge on any atom is -0.493 e. The lowest BCUT2D eigenvalue weighted by molar-refractivity contribution is 0.0692. The molecule has 1 aromatic heterocycles. The molecule has 0 fully saturated rings. The third-order valence-electron chi connectivity index (χ3n) is 3.99. The number of hydrogen-bond acceptors (Lipinski definition) is 6. The van der Waals surface area contributed by atoms with Crippen molar-refractivity contribution >= 4 is 29.5 Å². The van der Waals surface area contributed by atoms with Gasteiger partial charge in [-0.2, -0.15) is 0 Å². The lowest BCUT2D eigenvalue weighted by Gasteiger charge is -2.12. The molecule has 7 heteroatoms. The van der Waals surface area contributed by atoms with Crippen molar-refractivity contribution in [2.45, 2.75) is 0 Å². The molecule has 144 valence electrons. The van der Waals surface area contributed by atoms with Crippen molar-refractivity contribution in [3.8, 4) is 27.7 Å². The lowest BCUT2D eigenvalue weighted by atomic mass is 10.1. The Morgan fingerprint density at radius 2 is 1.64 bits per heavy atom. The van der Waals surface area contributed by atoms with Crippen LogP contribution in [-0.4, -0.2) is 37.4 Å². The SMILES string of the molecule is COc1cc(/C=C/c2nc(C(=O)O)c(-c3ccccc3)s2)cc(OC)c1OC. The average molecular weight is 397 g/mol. The van der Waals surface area contributed by atoms with Gasteiger partial charge < -0.3 is 19.3 Å². The standard InChI is InChI=1S/C21H19NO5S/c1-25-15-11-13(12-16(26-2)19(15)27-3)9-10-17-22-18(21(23)24)20(28-17)14-7-5-4-6-8-14/h4-12H,1-3H3,(H,23,24)/b10-9+. The summed E-state index contributed by atoms with van der Waals surface area (Å²) < 4.78 is 16.0. The van der Waals surface area contributed by atoms with E-state index in [-0.39, 0.29) is 5.69 Å². The highest BCUT2D eigenvalue weighted by Crippen LogP contribution is 2.39. The van der Waals surface area contributed by atoms with E-state index in [1.807, 2.05) is 48.5 Å². The zero-order chi connectivity index (χ0) is 20.1. The molecule has 0 aliphatic rings. The maximum atomic E-state index is 11.6. The topological polar surface area (TPSA) is 77.9 Å². The van der Waals surface area contributed by atoms with Crippen molar-refractivity contribution in [1.82, 2.24) is 4.98 Å². The minimum absolute atomic E-state index is 0.0424. The molecule has 3 aromatic rings. The van der Waals surface area contributed by atoms with Crippen LogP contribution in [0.15, 0.2) is 42.5 Å². The van der Waals surface area contributed by atoms with Gasteiger partial charge in [0.05, 0.1) is 26.2 Å². The van der Waals surface area contributed by atoms with Crippen molar-refractivity contribution in [3.63, 3.8) is 0 Å². The van der Waals surface area contributed by atoms with Crippen LogP contribution < -0.4 is 14.2 Å². The van der Waals surface area contributed by atoms with Gasteiger partial charge in [-0.3, -0.25) is 0 Å². The zero-order valence-electron chi connectivity index (χ0n) is 15.6. The molecule has 1 heterocycles. The number of aromatic nitrogens is 1. The molecule has 0 radical (unpaired) electrons. The number of hydrogen-bond donors (Lipinski definition) is 1. The Morgan fingerprint density at radius 3 is 2.18 bits per heavy atom. The lowest BCUT2D eigenvalue weighted by Crippen LogP contribution is -1.98. The monoisotopic (exact) mass is 397 g/mol. The van der Waals surface area contributed by atoms with E-state index in [1.54, 1.807) is 27.4 Å². The summed E-state index contributed by atoms with van der Waals surface area (Å²) in [6.07, 6.45) is 3.59. The highest BCUT2D eigenvalue weighted by atomic mass is 32.1. The third kappa shape index (κ3) is 3.99. The number of aromatic carboxylic acids is 1. The fourth-order valence-corrected chi connectivity index (χ4v) is 3.67. The minimum atomic E-state index is -1.05. The van der Waals surface area contributed by atoms with Gasteiger partial charge in [0.2, 0.25) is 5.75 Å². The van der Waals surface area contributed by atoms with Gasteiger partial charge in [0.25, 0.3) is 0 Å². The quantitative estimate of drug-likeness (QED) is 0.622. The second kappa shape index (κ2) is 8.58. The van der Waals surface area contributed by atoms with Crippen LogP contribution in [0.5, 0.6) is 17.2 Å². The predicted octanol–water partition coefficient (Wildman–Crippen LogP) is 4.70. The Bertz CT molecular complexity index is 986. The van der Waals surface area contributed by atoms with Gasteiger partial charge in [-0.05, 0) is 29.3 Å². The van der Waals surface area contributed by atoms with Crippen LogP contribution in [0.25, 0.3) is 22.6 Å². The van der Waals surface area contributed by atoms with Gasteiger partial charge in [-0.15, -0.1) is 11.3 Å². The fourth-order valence-electron chi connectivity index (χ4n) is 2.70. The highest BCUT2D eigenvalue weighted by molar-refractivity contribution is 7.16. The Balaban J connectivity index is 1.98. The first kappa shape index (κ1) is 19.4. The smallest absolute Gasteiger partial charge is 0.356 e. The largest absolute Gasteiger partial charge is 0.493 e. The number of carboxylic acids is 1. The maximum absolute atomic E-state index is 11.6. The van der Waals surface area contributed by atoms with E-state index in [0.29, 0.717) is 27.1 Å². The van der Waals surface area contributed by atoms with Crippen LogP contribution in [-0.2, 0) is 0 Å². The molecule has 0 amide bonds. The van der Waals surface area contributed by atoms with E-state index < -0.39 is 5.97 Å². The Kier molecular flexibility index (Phi) is 5.96. The summed E-state index contributed by atoms with van der Waals surface area (Å²) in [5.74, 6) is 0.534. The number of benzene rings is 2. The number of rotatable bonds is 7. The van der Waals surface area contributed by atoms with Crippen molar-refractivity contribution in [3.05, 3.63) is 58.7 Å². The van der Waals surface area contributed by atoms with Crippen LogP contribution in [0, 0.1) is 0 Å². The van der Waals surface area contributed by atoms with Crippen molar-refractivity contribution in [2.75, 3.05) is 21.3 Å². The molecule has 3 rings (SSSR count). The molecule has 0 bridgehead atoms. The molecule has 0 aliphatic carbocycles. The van der Waals surface area contributed by atoms with Gasteiger partial charge in [-0.25, -0.2) is 9.78 Å². The van der Waals surface area contributed by atoms with E-state index in [9.17, 15) is 9.90 Å². The molecule has 28 heavy (non-hydrogen) atoms. The van der Waals surface area contributed by atoms with Crippen molar-refractivity contribution in [2.24, 2.45) is 0 Å². The first-order valence-electron chi connectivity index (χ1n) is 8.35. The summed E-state index contributed by atoms with van der Waals surface area (Å²) in [6.45, 7) is 0. The molecule has 6 nitrogen and oxygen atoms in total. The van der Waals surface area contributed by atoms with Crippen LogP contribution >= 0.6 is 11.3 Å². The number of carbonyl (C=O) groups is 1. The Morgan fingerprint density at radius 1 is 1.00 bits per heavy atom. The van der Waals surface area contributed by atoms with E-state index in [1.165, 1.54) is 11.3 Å². The molecule has 2 aromatic carbocycles. The van der Waals surface area contributed by atoms with E-state index in [4.69, 9.17) is 14.2 Å².